The summed E-state index contributed by atoms with van der Waals surface area (Å²) in [4.78, 5) is 2.19. The maximum atomic E-state index is 4.07. The monoisotopic (exact) mass is 207 g/mol. The first-order valence-electron chi connectivity index (χ1n) is 5.72. The summed E-state index contributed by atoms with van der Waals surface area (Å²) in [5.41, 5.74) is 4.90. The van der Waals surface area contributed by atoms with Crippen molar-refractivity contribution in [3.05, 3.63) is 35.7 Å². The molecule has 86 valence electrons. The summed E-state index contributed by atoms with van der Waals surface area (Å²) in [6.07, 6.45) is 3.38. The van der Waals surface area contributed by atoms with Crippen molar-refractivity contribution < 1.29 is 0 Å². The number of likely N-dealkylation sites (N-methyl/N-ethyl adjacent to an activating group) is 1. The topological polar surface area (TPSA) is 3.24 Å². The van der Waals surface area contributed by atoms with Crippen molar-refractivity contribution in [2.75, 3.05) is 7.05 Å². The molecule has 0 aliphatic carbocycles. The molecule has 0 saturated heterocycles. The Morgan fingerprint density at radius 1 is 1.13 bits per heavy atom. The molecule has 1 heteroatoms. The SMILES string of the molecule is C=C(C)C(=C)N(C)/C(CCC)=C(\C)CC. The second-order valence-corrected chi connectivity index (χ2v) is 4.12. The average Bonchev–Trinajstić information content (AvgIpc) is 2.22. The van der Waals surface area contributed by atoms with Gasteiger partial charge in [-0.05, 0) is 32.3 Å². The van der Waals surface area contributed by atoms with Gasteiger partial charge in [0.2, 0.25) is 0 Å². The molecule has 0 saturated carbocycles. The predicted molar refractivity (Wildman–Crippen MR) is 69.6 cm³/mol. The van der Waals surface area contributed by atoms with E-state index >= 15 is 0 Å². The zero-order valence-electron chi connectivity index (χ0n) is 11.0. The van der Waals surface area contributed by atoms with Crippen molar-refractivity contribution in [1.29, 1.82) is 0 Å². The number of allylic oxidation sites excluding steroid dienone is 3. The minimum absolute atomic E-state index is 1.02. The van der Waals surface area contributed by atoms with Gasteiger partial charge in [-0.3, -0.25) is 0 Å². The third-order valence-electron chi connectivity index (χ3n) is 2.81. The van der Waals surface area contributed by atoms with Crippen molar-refractivity contribution in [2.24, 2.45) is 0 Å². The average molecular weight is 207 g/mol. The first-order valence-corrected chi connectivity index (χ1v) is 5.72. The first-order chi connectivity index (χ1) is 6.95. The molecule has 0 aromatic heterocycles. The van der Waals surface area contributed by atoms with Gasteiger partial charge in [0.25, 0.3) is 0 Å². The Labute approximate surface area is 95.2 Å². The molecule has 0 spiro atoms. The molecule has 0 rings (SSSR count). The Morgan fingerprint density at radius 3 is 2.00 bits per heavy atom. The minimum Gasteiger partial charge on any atom is -0.349 e. The van der Waals surface area contributed by atoms with Crippen LogP contribution in [0.5, 0.6) is 0 Å². The summed E-state index contributed by atoms with van der Waals surface area (Å²) in [6, 6.07) is 0. The zero-order valence-corrected chi connectivity index (χ0v) is 11.0. The Hall–Kier alpha value is -0.980. The molecule has 0 aromatic carbocycles. The molecule has 0 N–H and O–H groups in total. The van der Waals surface area contributed by atoms with Gasteiger partial charge in [0, 0.05) is 18.4 Å². The molecule has 0 atom stereocenters. The maximum absolute atomic E-state index is 4.07. The van der Waals surface area contributed by atoms with Crippen LogP contribution in [0, 0.1) is 0 Å². The summed E-state index contributed by atoms with van der Waals surface area (Å²) >= 11 is 0. The molecular weight excluding hydrogens is 182 g/mol. The Bertz CT molecular complexity index is 271. The molecule has 15 heavy (non-hydrogen) atoms. The molecule has 0 fully saturated rings. The van der Waals surface area contributed by atoms with Crippen molar-refractivity contribution in [3.8, 4) is 0 Å². The lowest BCUT2D eigenvalue weighted by Crippen LogP contribution is -2.18. The molecular formula is C14H25N. The molecule has 0 radical (unpaired) electrons. The van der Waals surface area contributed by atoms with Crippen LogP contribution in [0.3, 0.4) is 0 Å². The molecule has 0 aromatic rings. The molecule has 0 amide bonds. The van der Waals surface area contributed by atoms with Gasteiger partial charge in [-0.15, -0.1) is 0 Å². The van der Waals surface area contributed by atoms with Crippen molar-refractivity contribution in [3.63, 3.8) is 0 Å². The van der Waals surface area contributed by atoms with Crippen LogP contribution in [0.25, 0.3) is 0 Å². The van der Waals surface area contributed by atoms with Gasteiger partial charge in [0.15, 0.2) is 0 Å². The highest BCUT2D eigenvalue weighted by atomic mass is 15.1. The van der Waals surface area contributed by atoms with E-state index in [9.17, 15) is 0 Å². The van der Waals surface area contributed by atoms with E-state index in [1.807, 2.05) is 6.92 Å². The maximum Gasteiger partial charge on any atom is 0.0356 e. The van der Waals surface area contributed by atoms with Crippen LogP contribution >= 0.6 is 0 Å². The van der Waals surface area contributed by atoms with Gasteiger partial charge < -0.3 is 4.90 Å². The van der Waals surface area contributed by atoms with Crippen LogP contribution in [-0.4, -0.2) is 11.9 Å². The van der Waals surface area contributed by atoms with Gasteiger partial charge in [-0.25, -0.2) is 0 Å². The van der Waals surface area contributed by atoms with Crippen molar-refractivity contribution in [1.82, 2.24) is 4.90 Å². The van der Waals surface area contributed by atoms with E-state index < -0.39 is 0 Å². The normalized spacial score (nSPS) is 12.1. The van der Waals surface area contributed by atoms with Gasteiger partial charge in [-0.2, -0.15) is 0 Å². The molecule has 0 aliphatic heterocycles. The number of rotatable bonds is 6. The van der Waals surface area contributed by atoms with E-state index in [1.54, 1.807) is 0 Å². The highest BCUT2D eigenvalue weighted by molar-refractivity contribution is 5.27. The Balaban J connectivity index is 4.94. The summed E-state index contributed by atoms with van der Waals surface area (Å²) in [5, 5.41) is 0. The summed E-state index contributed by atoms with van der Waals surface area (Å²) in [7, 11) is 2.08. The van der Waals surface area contributed by atoms with E-state index in [0.29, 0.717) is 0 Å². The van der Waals surface area contributed by atoms with E-state index in [0.717, 1.165) is 24.1 Å². The predicted octanol–water partition coefficient (Wildman–Crippen LogP) is 4.49. The molecule has 0 heterocycles. The van der Waals surface area contributed by atoms with Crippen LogP contribution < -0.4 is 0 Å². The molecule has 0 bridgehead atoms. The fourth-order valence-electron chi connectivity index (χ4n) is 1.56. The van der Waals surface area contributed by atoms with Gasteiger partial charge in [-0.1, -0.05) is 39.0 Å². The lowest BCUT2D eigenvalue weighted by atomic mass is 10.1. The van der Waals surface area contributed by atoms with E-state index in [-0.39, 0.29) is 0 Å². The molecule has 0 unspecified atom stereocenters. The lowest BCUT2D eigenvalue weighted by Gasteiger charge is -2.27. The fraction of sp³-hybridized carbons (Fsp3) is 0.571. The highest BCUT2D eigenvalue weighted by Crippen LogP contribution is 2.23. The van der Waals surface area contributed by atoms with Crippen molar-refractivity contribution >= 4 is 0 Å². The number of hydrogen-bond acceptors (Lipinski definition) is 1. The number of hydrogen-bond donors (Lipinski definition) is 0. The quantitative estimate of drug-likeness (QED) is 0.580. The smallest absolute Gasteiger partial charge is 0.0356 e. The molecule has 1 nitrogen and oxygen atoms in total. The molecule has 0 aliphatic rings. The third kappa shape index (κ3) is 3.94. The zero-order chi connectivity index (χ0) is 12.0. The summed E-state index contributed by atoms with van der Waals surface area (Å²) in [5.74, 6) is 0. The van der Waals surface area contributed by atoms with Crippen LogP contribution in [0.1, 0.15) is 47.0 Å². The highest BCUT2D eigenvalue weighted by Gasteiger charge is 2.10. The Kier molecular flexibility index (Phi) is 6.07. The fourth-order valence-corrected chi connectivity index (χ4v) is 1.56. The third-order valence-corrected chi connectivity index (χ3v) is 2.81. The van der Waals surface area contributed by atoms with Crippen molar-refractivity contribution in [2.45, 2.75) is 47.0 Å². The van der Waals surface area contributed by atoms with Crippen LogP contribution in [-0.2, 0) is 0 Å². The van der Waals surface area contributed by atoms with E-state index in [2.05, 4.69) is 45.9 Å². The standard InChI is InChI=1S/C14H25N/c1-8-10-14(12(5)9-2)15(7)13(6)11(3)4/h3,6,8-10H2,1-2,4-5,7H3/b14-12+. The van der Waals surface area contributed by atoms with E-state index in [4.69, 9.17) is 0 Å². The van der Waals surface area contributed by atoms with Crippen LogP contribution in [0.4, 0.5) is 0 Å². The number of nitrogens with zero attached hydrogens (tertiary/aromatic N) is 1. The summed E-state index contributed by atoms with van der Waals surface area (Å²) < 4.78 is 0. The Morgan fingerprint density at radius 2 is 1.67 bits per heavy atom. The van der Waals surface area contributed by atoms with Crippen LogP contribution in [0.15, 0.2) is 35.7 Å². The second kappa shape index (κ2) is 6.49. The first kappa shape index (κ1) is 14.0. The summed E-state index contributed by atoms with van der Waals surface area (Å²) in [6.45, 7) is 16.6. The van der Waals surface area contributed by atoms with Crippen LogP contribution in [0.2, 0.25) is 0 Å². The van der Waals surface area contributed by atoms with Gasteiger partial charge >= 0.3 is 0 Å². The van der Waals surface area contributed by atoms with E-state index in [1.165, 1.54) is 17.7 Å². The lowest BCUT2D eigenvalue weighted by molar-refractivity contribution is 0.491. The largest absolute Gasteiger partial charge is 0.349 e. The minimum atomic E-state index is 1.02. The van der Waals surface area contributed by atoms with Gasteiger partial charge in [0.1, 0.15) is 0 Å². The van der Waals surface area contributed by atoms with Gasteiger partial charge in [0.05, 0.1) is 0 Å². The second-order valence-electron chi connectivity index (χ2n) is 4.12.